The van der Waals surface area contributed by atoms with E-state index in [0.29, 0.717) is 6.61 Å². The minimum absolute atomic E-state index is 0.171. The summed E-state index contributed by atoms with van der Waals surface area (Å²) in [4.78, 5) is 10.9. The molecule has 0 aromatic carbocycles. The molecule has 0 radical (unpaired) electrons. The molecule has 3 rings (SSSR count). The molecule has 0 saturated carbocycles. The van der Waals surface area contributed by atoms with Gasteiger partial charge in [0.05, 0.1) is 19.3 Å². The van der Waals surface area contributed by atoms with Crippen molar-refractivity contribution in [2.24, 2.45) is 0 Å². The van der Waals surface area contributed by atoms with Crippen LogP contribution >= 0.6 is 11.5 Å². The third kappa shape index (κ3) is 3.92. The zero-order valence-electron chi connectivity index (χ0n) is 12.6. The van der Waals surface area contributed by atoms with Gasteiger partial charge in [-0.25, -0.2) is 4.98 Å². The Labute approximate surface area is 134 Å². The summed E-state index contributed by atoms with van der Waals surface area (Å²) in [7, 11) is 1.69. The van der Waals surface area contributed by atoms with Gasteiger partial charge in [-0.15, -0.1) is 0 Å². The molecule has 3 heterocycles. The van der Waals surface area contributed by atoms with Crippen molar-refractivity contribution >= 4 is 16.7 Å². The van der Waals surface area contributed by atoms with Gasteiger partial charge in [0.15, 0.2) is 0 Å². The summed E-state index contributed by atoms with van der Waals surface area (Å²) in [5.74, 6) is 1.68. The fourth-order valence-corrected chi connectivity index (χ4v) is 3.23. The van der Waals surface area contributed by atoms with Crippen molar-refractivity contribution in [3.8, 4) is 5.75 Å². The fraction of sp³-hybridized carbons (Fsp3) is 0.533. The number of pyridine rings is 1. The normalized spacial score (nSPS) is 18.4. The molecule has 22 heavy (non-hydrogen) atoms. The first-order valence-electron chi connectivity index (χ1n) is 7.48. The van der Waals surface area contributed by atoms with Crippen molar-refractivity contribution < 1.29 is 9.47 Å². The van der Waals surface area contributed by atoms with Gasteiger partial charge in [-0.05, 0) is 25.0 Å². The molecule has 0 aliphatic carbocycles. The average Bonchev–Trinajstić information content (AvgIpc) is 3.03. The van der Waals surface area contributed by atoms with E-state index in [9.17, 15) is 0 Å². The van der Waals surface area contributed by atoms with Crippen molar-refractivity contribution in [1.29, 1.82) is 0 Å². The summed E-state index contributed by atoms with van der Waals surface area (Å²) in [6.07, 6.45) is 6.59. The number of hydrogen-bond donors (Lipinski definition) is 0. The Morgan fingerprint density at radius 1 is 1.45 bits per heavy atom. The van der Waals surface area contributed by atoms with Crippen LogP contribution in [0.25, 0.3) is 0 Å². The van der Waals surface area contributed by atoms with E-state index in [2.05, 4.69) is 19.2 Å². The molecule has 0 amide bonds. The van der Waals surface area contributed by atoms with Crippen molar-refractivity contribution in [2.45, 2.75) is 25.4 Å². The Hall–Kier alpha value is -1.73. The summed E-state index contributed by atoms with van der Waals surface area (Å²) >= 11 is 1.46. The maximum absolute atomic E-state index is 6.01. The zero-order chi connectivity index (χ0) is 15.2. The van der Waals surface area contributed by atoms with E-state index in [1.54, 1.807) is 19.5 Å². The highest BCUT2D eigenvalue weighted by Crippen LogP contribution is 2.24. The number of methoxy groups -OCH3 is 1. The van der Waals surface area contributed by atoms with Gasteiger partial charge < -0.3 is 14.4 Å². The molecule has 7 heteroatoms. The fourth-order valence-electron chi connectivity index (χ4n) is 2.49. The van der Waals surface area contributed by atoms with Crippen LogP contribution in [0.15, 0.2) is 24.5 Å². The molecule has 118 valence electrons. The lowest BCUT2D eigenvalue weighted by molar-refractivity contribution is 0.178. The van der Waals surface area contributed by atoms with Gasteiger partial charge in [0.25, 0.3) is 0 Å². The molecule has 0 bridgehead atoms. The van der Waals surface area contributed by atoms with Gasteiger partial charge in [-0.3, -0.25) is 4.98 Å². The molecule has 6 nitrogen and oxygen atoms in total. The molecular weight excluding hydrogens is 300 g/mol. The number of nitrogens with zero attached hydrogens (tertiary/aromatic N) is 4. The van der Waals surface area contributed by atoms with Crippen LogP contribution in [0, 0.1) is 0 Å². The molecule has 2 aromatic heterocycles. The molecule has 0 spiro atoms. The summed E-state index contributed by atoms with van der Waals surface area (Å²) in [6, 6.07) is 3.84. The highest BCUT2D eigenvalue weighted by atomic mass is 32.1. The quantitative estimate of drug-likeness (QED) is 0.813. The smallest absolute Gasteiger partial charge is 0.205 e. The number of anilines is 1. The van der Waals surface area contributed by atoms with E-state index in [4.69, 9.17) is 9.47 Å². The molecule has 1 aliphatic heterocycles. The standard InChI is InChI=1S/C15H20N4O2S/c1-20-9-6-14-17-15(22-18-14)19-8-3-5-13(11-19)21-12-4-2-7-16-10-12/h2,4,7,10,13H,3,5-6,8-9,11H2,1H3. The molecular formula is C15H20N4O2S. The van der Waals surface area contributed by atoms with Gasteiger partial charge in [0.2, 0.25) is 5.13 Å². The Kier molecular flexibility index (Phi) is 5.18. The number of ether oxygens (including phenoxy) is 2. The van der Waals surface area contributed by atoms with Gasteiger partial charge in [0, 0.05) is 37.8 Å². The number of piperidine rings is 1. The second-order valence-corrected chi connectivity index (χ2v) is 5.98. The number of aromatic nitrogens is 3. The van der Waals surface area contributed by atoms with Crippen LogP contribution in [0.3, 0.4) is 0 Å². The van der Waals surface area contributed by atoms with Crippen LogP contribution in [0.5, 0.6) is 5.75 Å². The first kappa shape index (κ1) is 15.2. The predicted octanol–water partition coefficient (Wildman–Crippen LogP) is 2.17. The van der Waals surface area contributed by atoms with Crippen molar-refractivity contribution in [3.05, 3.63) is 30.4 Å². The van der Waals surface area contributed by atoms with E-state index in [1.807, 2.05) is 12.1 Å². The molecule has 2 aromatic rings. The summed E-state index contributed by atoms with van der Waals surface area (Å²) < 4.78 is 15.5. The highest BCUT2D eigenvalue weighted by Gasteiger charge is 2.24. The first-order chi connectivity index (χ1) is 10.8. The van der Waals surface area contributed by atoms with Crippen LogP contribution in [0.1, 0.15) is 18.7 Å². The van der Waals surface area contributed by atoms with Crippen molar-refractivity contribution in [3.63, 3.8) is 0 Å². The minimum Gasteiger partial charge on any atom is -0.487 e. The SMILES string of the molecule is COCCc1nsc(N2CCCC(Oc3cccnc3)C2)n1. The zero-order valence-corrected chi connectivity index (χ0v) is 13.5. The maximum atomic E-state index is 6.01. The highest BCUT2D eigenvalue weighted by molar-refractivity contribution is 7.09. The van der Waals surface area contributed by atoms with E-state index >= 15 is 0 Å². The molecule has 1 fully saturated rings. The number of rotatable bonds is 6. The van der Waals surface area contributed by atoms with E-state index in [0.717, 1.165) is 49.1 Å². The van der Waals surface area contributed by atoms with Gasteiger partial charge in [-0.2, -0.15) is 4.37 Å². The Bertz CT molecular complexity index is 578. The number of hydrogen-bond acceptors (Lipinski definition) is 7. The lowest BCUT2D eigenvalue weighted by Crippen LogP contribution is -2.41. The van der Waals surface area contributed by atoms with Gasteiger partial charge in [0.1, 0.15) is 17.7 Å². The van der Waals surface area contributed by atoms with Crippen LogP contribution in [0.4, 0.5) is 5.13 Å². The molecule has 1 aliphatic rings. The minimum atomic E-state index is 0.171. The summed E-state index contributed by atoms with van der Waals surface area (Å²) in [5.41, 5.74) is 0. The van der Waals surface area contributed by atoms with Crippen LogP contribution in [-0.4, -0.2) is 47.3 Å². The first-order valence-corrected chi connectivity index (χ1v) is 8.25. The van der Waals surface area contributed by atoms with Crippen LogP contribution < -0.4 is 9.64 Å². The maximum Gasteiger partial charge on any atom is 0.205 e. The summed E-state index contributed by atoms with van der Waals surface area (Å²) in [6.45, 7) is 2.50. The Morgan fingerprint density at radius 3 is 3.23 bits per heavy atom. The second-order valence-electron chi connectivity index (χ2n) is 5.25. The predicted molar refractivity (Wildman–Crippen MR) is 85.6 cm³/mol. The van der Waals surface area contributed by atoms with E-state index < -0.39 is 0 Å². The van der Waals surface area contributed by atoms with Crippen LogP contribution in [-0.2, 0) is 11.2 Å². The average molecular weight is 320 g/mol. The third-order valence-corrected chi connectivity index (χ3v) is 4.39. The molecule has 1 atom stereocenters. The van der Waals surface area contributed by atoms with E-state index in [1.165, 1.54) is 11.5 Å². The second kappa shape index (κ2) is 7.51. The summed E-state index contributed by atoms with van der Waals surface area (Å²) in [5, 5.41) is 0.977. The van der Waals surface area contributed by atoms with Gasteiger partial charge >= 0.3 is 0 Å². The monoisotopic (exact) mass is 320 g/mol. The lowest BCUT2D eigenvalue weighted by atomic mass is 10.1. The van der Waals surface area contributed by atoms with Gasteiger partial charge in [-0.1, -0.05) is 0 Å². The largest absolute Gasteiger partial charge is 0.487 e. The van der Waals surface area contributed by atoms with E-state index in [-0.39, 0.29) is 6.10 Å². The van der Waals surface area contributed by atoms with Crippen LogP contribution in [0.2, 0.25) is 0 Å². The third-order valence-electron chi connectivity index (χ3n) is 3.57. The molecule has 1 unspecified atom stereocenters. The van der Waals surface area contributed by atoms with Crippen molar-refractivity contribution in [2.75, 3.05) is 31.7 Å². The topological polar surface area (TPSA) is 60.4 Å². The van der Waals surface area contributed by atoms with Crippen molar-refractivity contribution in [1.82, 2.24) is 14.3 Å². The Morgan fingerprint density at radius 2 is 2.41 bits per heavy atom. The molecule has 0 N–H and O–H groups in total. The Balaban J connectivity index is 1.59. The molecule has 1 saturated heterocycles. The lowest BCUT2D eigenvalue weighted by Gasteiger charge is -2.32.